The monoisotopic (exact) mass is 320 g/mol. The van der Waals surface area contributed by atoms with Gasteiger partial charge in [-0.05, 0) is 26.7 Å². The Morgan fingerprint density at radius 1 is 1.43 bits per heavy atom. The van der Waals surface area contributed by atoms with E-state index in [0.717, 1.165) is 24.1 Å². The van der Waals surface area contributed by atoms with Crippen LogP contribution in [0.25, 0.3) is 0 Å². The Hall–Kier alpha value is -1.89. The number of hydrogen-bond donors (Lipinski definition) is 0. The Labute approximate surface area is 136 Å². The molecule has 7 nitrogen and oxygen atoms in total. The first kappa shape index (κ1) is 16.0. The minimum atomic E-state index is -0.400. The number of likely N-dealkylation sites (tertiary alicyclic amines) is 1. The number of nitrogens with zero attached hydrogens (tertiary/aromatic N) is 4. The van der Waals surface area contributed by atoms with Crippen LogP contribution >= 0.6 is 0 Å². The Morgan fingerprint density at radius 2 is 2.22 bits per heavy atom. The highest BCUT2D eigenvalue weighted by molar-refractivity contribution is 5.90. The van der Waals surface area contributed by atoms with Crippen molar-refractivity contribution in [3.63, 3.8) is 0 Å². The van der Waals surface area contributed by atoms with Crippen molar-refractivity contribution in [2.24, 2.45) is 13.0 Å². The van der Waals surface area contributed by atoms with Crippen LogP contribution in [0.2, 0.25) is 0 Å². The summed E-state index contributed by atoms with van der Waals surface area (Å²) in [6, 6.07) is -0.251. The van der Waals surface area contributed by atoms with Gasteiger partial charge in [-0.2, -0.15) is 5.10 Å². The minimum Gasteiger partial charge on any atom is -0.335 e. The van der Waals surface area contributed by atoms with Crippen molar-refractivity contribution < 1.29 is 14.4 Å². The summed E-state index contributed by atoms with van der Waals surface area (Å²) in [5.41, 5.74) is 1.94. The van der Waals surface area contributed by atoms with E-state index in [2.05, 4.69) is 5.10 Å². The molecule has 0 unspecified atom stereocenters. The number of aromatic nitrogens is 2. The summed E-state index contributed by atoms with van der Waals surface area (Å²) in [6.45, 7) is 5.68. The normalized spacial score (nSPS) is 25.3. The molecular weight excluding hydrogens is 296 g/mol. The van der Waals surface area contributed by atoms with Gasteiger partial charge in [0, 0.05) is 37.8 Å². The fourth-order valence-electron chi connectivity index (χ4n) is 3.53. The van der Waals surface area contributed by atoms with Crippen molar-refractivity contribution in [1.82, 2.24) is 19.7 Å². The van der Waals surface area contributed by atoms with Gasteiger partial charge in [0.05, 0.1) is 24.8 Å². The van der Waals surface area contributed by atoms with E-state index in [1.54, 1.807) is 15.8 Å². The second kappa shape index (κ2) is 6.31. The average molecular weight is 320 g/mol. The lowest BCUT2D eigenvalue weighted by atomic mass is 9.93. The fourth-order valence-corrected chi connectivity index (χ4v) is 3.53. The van der Waals surface area contributed by atoms with Gasteiger partial charge in [0.25, 0.3) is 5.91 Å². The molecule has 7 heteroatoms. The Morgan fingerprint density at radius 3 is 2.78 bits per heavy atom. The van der Waals surface area contributed by atoms with Gasteiger partial charge in [0.15, 0.2) is 0 Å². The van der Waals surface area contributed by atoms with E-state index < -0.39 is 5.92 Å². The predicted octanol–water partition coefficient (Wildman–Crippen LogP) is 1.19. The highest BCUT2D eigenvalue weighted by Gasteiger charge is 2.46. The SMILES string of the molecule is CCN1C(=O)C[C@H](C(=O)N2CCCCO2)[C@H]1c1cnn(C)c1C. The first-order chi connectivity index (χ1) is 11.0. The van der Waals surface area contributed by atoms with Gasteiger partial charge >= 0.3 is 0 Å². The molecule has 23 heavy (non-hydrogen) atoms. The Bertz CT molecular complexity index is 606. The molecule has 0 saturated carbocycles. The van der Waals surface area contributed by atoms with Crippen LogP contribution in [0.3, 0.4) is 0 Å². The molecule has 126 valence electrons. The minimum absolute atomic E-state index is 0.0242. The van der Waals surface area contributed by atoms with Gasteiger partial charge in [0.2, 0.25) is 5.91 Å². The van der Waals surface area contributed by atoms with E-state index >= 15 is 0 Å². The van der Waals surface area contributed by atoms with Crippen molar-refractivity contribution in [1.29, 1.82) is 0 Å². The van der Waals surface area contributed by atoms with Gasteiger partial charge < -0.3 is 4.90 Å². The molecule has 2 fully saturated rings. The van der Waals surface area contributed by atoms with Crippen LogP contribution in [-0.2, 0) is 21.5 Å². The molecule has 1 aromatic heterocycles. The number of rotatable bonds is 3. The second-order valence-corrected chi connectivity index (χ2v) is 6.22. The van der Waals surface area contributed by atoms with E-state index in [1.807, 2.05) is 20.9 Å². The number of hydrogen-bond acceptors (Lipinski definition) is 4. The summed E-state index contributed by atoms with van der Waals surface area (Å²) in [7, 11) is 1.87. The van der Waals surface area contributed by atoms with E-state index in [4.69, 9.17) is 4.84 Å². The molecule has 2 aliphatic heterocycles. The van der Waals surface area contributed by atoms with Crippen LogP contribution in [-0.4, -0.2) is 51.3 Å². The zero-order valence-corrected chi connectivity index (χ0v) is 14.0. The van der Waals surface area contributed by atoms with Crippen molar-refractivity contribution in [3.05, 3.63) is 17.5 Å². The molecule has 0 aromatic carbocycles. The van der Waals surface area contributed by atoms with Crippen LogP contribution in [0.15, 0.2) is 6.20 Å². The van der Waals surface area contributed by atoms with Crippen LogP contribution in [0.1, 0.15) is 43.5 Å². The Balaban J connectivity index is 1.92. The summed E-state index contributed by atoms with van der Waals surface area (Å²) in [6.07, 6.45) is 3.93. The summed E-state index contributed by atoms with van der Waals surface area (Å²) in [4.78, 5) is 32.6. The third kappa shape index (κ3) is 2.73. The molecule has 0 radical (unpaired) electrons. The Kier molecular flexibility index (Phi) is 4.39. The topological polar surface area (TPSA) is 67.7 Å². The lowest BCUT2D eigenvalue weighted by Gasteiger charge is -2.31. The number of amides is 2. The summed E-state index contributed by atoms with van der Waals surface area (Å²) in [5, 5.41) is 5.74. The van der Waals surface area contributed by atoms with Crippen LogP contribution in [0.5, 0.6) is 0 Å². The summed E-state index contributed by atoms with van der Waals surface area (Å²) in [5.74, 6) is -0.457. The number of hydroxylamine groups is 2. The quantitative estimate of drug-likeness (QED) is 0.839. The predicted molar refractivity (Wildman–Crippen MR) is 83.1 cm³/mol. The number of carbonyl (C=O) groups excluding carboxylic acids is 2. The van der Waals surface area contributed by atoms with Gasteiger partial charge in [-0.1, -0.05) is 0 Å². The molecule has 2 atom stereocenters. The first-order valence-electron chi connectivity index (χ1n) is 8.26. The van der Waals surface area contributed by atoms with Crippen molar-refractivity contribution in [2.75, 3.05) is 19.7 Å². The molecule has 2 amide bonds. The highest BCUT2D eigenvalue weighted by atomic mass is 16.7. The molecule has 2 saturated heterocycles. The lowest BCUT2D eigenvalue weighted by molar-refractivity contribution is -0.202. The largest absolute Gasteiger partial charge is 0.335 e. The molecule has 0 bridgehead atoms. The summed E-state index contributed by atoms with van der Waals surface area (Å²) < 4.78 is 1.78. The van der Waals surface area contributed by atoms with Crippen LogP contribution in [0, 0.1) is 12.8 Å². The van der Waals surface area contributed by atoms with Gasteiger partial charge in [-0.15, -0.1) is 0 Å². The third-order valence-corrected chi connectivity index (χ3v) is 4.93. The van der Waals surface area contributed by atoms with Gasteiger partial charge in [0.1, 0.15) is 0 Å². The number of aryl methyl sites for hydroxylation is 1. The van der Waals surface area contributed by atoms with Crippen molar-refractivity contribution >= 4 is 11.8 Å². The van der Waals surface area contributed by atoms with E-state index in [0.29, 0.717) is 19.7 Å². The fraction of sp³-hybridized carbons (Fsp3) is 0.688. The van der Waals surface area contributed by atoms with Crippen molar-refractivity contribution in [3.8, 4) is 0 Å². The molecule has 2 aliphatic rings. The third-order valence-electron chi connectivity index (χ3n) is 4.93. The molecule has 1 aromatic rings. The average Bonchev–Trinajstić information content (AvgIpc) is 3.07. The van der Waals surface area contributed by atoms with Crippen LogP contribution in [0.4, 0.5) is 0 Å². The molecule has 3 rings (SSSR count). The molecular formula is C16H24N4O3. The summed E-state index contributed by atoms with van der Waals surface area (Å²) >= 11 is 0. The maximum Gasteiger partial charge on any atom is 0.252 e. The molecule has 0 spiro atoms. The molecule has 0 aliphatic carbocycles. The van der Waals surface area contributed by atoms with Gasteiger partial charge in [-0.25, -0.2) is 5.06 Å². The second-order valence-electron chi connectivity index (χ2n) is 6.22. The maximum atomic E-state index is 12.9. The van der Waals surface area contributed by atoms with Crippen molar-refractivity contribution in [2.45, 2.75) is 39.2 Å². The first-order valence-corrected chi connectivity index (χ1v) is 8.26. The van der Waals surface area contributed by atoms with Crippen LogP contribution < -0.4 is 0 Å². The van der Waals surface area contributed by atoms with E-state index in [-0.39, 0.29) is 24.3 Å². The molecule has 0 N–H and O–H groups in total. The molecule has 3 heterocycles. The number of carbonyl (C=O) groups is 2. The lowest BCUT2D eigenvalue weighted by Crippen LogP contribution is -2.41. The zero-order chi connectivity index (χ0) is 16.6. The van der Waals surface area contributed by atoms with E-state index in [9.17, 15) is 9.59 Å². The van der Waals surface area contributed by atoms with E-state index in [1.165, 1.54) is 5.06 Å². The van der Waals surface area contributed by atoms with Gasteiger partial charge in [-0.3, -0.25) is 19.1 Å². The zero-order valence-electron chi connectivity index (χ0n) is 14.0. The highest BCUT2D eigenvalue weighted by Crippen LogP contribution is 2.40. The smallest absolute Gasteiger partial charge is 0.252 e. The standard InChI is InChI=1S/C16H24N4O3/c1-4-19-14(21)9-12(16(22)20-7-5-6-8-23-20)15(19)13-10-17-18(3)11(13)2/h10,12,15H,4-9H2,1-3H3/t12-,15-/m0/s1. The maximum absolute atomic E-state index is 12.9.